The van der Waals surface area contributed by atoms with E-state index >= 15 is 0 Å². The predicted octanol–water partition coefficient (Wildman–Crippen LogP) is 0.961. The van der Waals surface area contributed by atoms with Gasteiger partial charge in [-0.2, -0.15) is 11.8 Å². The molecule has 1 aliphatic heterocycles. The second-order valence-corrected chi connectivity index (χ2v) is 5.61. The summed E-state index contributed by atoms with van der Waals surface area (Å²) in [5, 5.41) is 9.16. The van der Waals surface area contributed by atoms with Crippen molar-refractivity contribution in [1.29, 1.82) is 0 Å². The number of carboxylic acids is 1. The molecule has 1 saturated heterocycles. The molecule has 1 amide bonds. The molecule has 1 N–H and O–H groups in total. The maximum Gasteiger partial charge on any atom is 0.327 e. The van der Waals surface area contributed by atoms with Crippen LogP contribution in [0.5, 0.6) is 0 Å². The Morgan fingerprint density at radius 3 is 3.05 bits per heavy atom. The van der Waals surface area contributed by atoms with Gasteiger partial charge < -0.3 is 10.0 Å². The summed E-state index contributed by atoms with van der Waals surface area (Å²) in [7, 11) is 0. The SMILES string of the molecule is Cc1cccnc1CC(=O)N1CCSCC1C(=O)O. The Bertz CT molecular complexity index is 493. The zero-order valence-electron chi connectivity index (χ0n) is 10.7. The fourth-order valence-corrected chi connectivity index (χ4v) is 3.09. The molecule has 1 atom stereocenters. The minimum absolute atomic E-state index is 0.158. The van der Waals surface area contributed by atoms with Crippen LogP contribution in [0.15, 0.2) is 18.3 Å². The van der Waals surface area contributed by atoms with Crippen LogP contribution in [0.3, 0.4) is 0 Å². The molecule has 2 heterocycles. The van der Waals surface area contributed by atoms with E-state index in [4.69, 9.17) is 5.11 Å². The van der Waals surface area contributed by atoms with Crippen LogP contribution in [0, 0.1) is 6.92 Å². The number of hydrogen-bond acceptors (Lipinski definition) is 4. The van der Waals surface area contributed by atoms with E-state index in [1.165, 1.54) is 4.90 Å². The van der Waals surface area contributed by atoms with Crippen LogP contribution in [0.1, 0.15) is 11.3 Å². The highest BCUT2D eigenvalue weighted by molar-refractivity contribution is 7.99. The van der Waals surface area contributed by atoms with E-state index in [9.17, 15) is 9.59 Å². The fourth-order valence-electron chi connectivity index (χ4n) is 2.06. The number of aliphatic carboxylic acids is 1. The van der Waals surface area contributed by atoms with Crippen molar-refractivity contribution >= 4 is 23.6 Å². The van der Waals surface area contributed by atoms with Crippen molar-refractivity contribution in [2.45, 2.75) is 19.4 Å². The maximum atomic E-state index is 12.2. The van der Waals surface area contributed by atoms with E-state index in [1.807, 2.05) is 19.1 Å². The van der Waals surface area contributed by atoms with Crippen molar-refractivity contribution in [1.82, 2.24) is 9.88 Å². The molecule has 0 aliphatic carbocycles. The number of rotatable bonds is 3. The van der Waals surface area contributed by atoms with Gasteiger partial charge >= 0.3 is 5.97 Å². The van der Waals surface area contributed by atoms with E-state index in [0.29, 0.717) is 12.3 Å². The van der Waals surface area contributed by atoms with Gasteiger partial charge in [-0.3, -0.25) is 9.78 Å². The molecule has 0 bridgehead atoms. The topological polar surface area (TPSA) is 70.5 Å². The Balaban J connectivity index is 2.10. The van der Waals surface area contributed by atoms with Gasteiger partial charge in [0.2, 0.25) is 5.91 Å². The summed E-state index contributed by atoms with van der Waals surface area (Å²) in [6, 6.07) is 3.01. The molecule has 1 aromatic rings. The monoisotopic (exact) mass is 280 g/mol. The lowest BCUT2D eigenvalue weighted by Gasteiger charge is -2.32. The van der Waals surface area contributed by atoms with Crippen LogP contribution >= 0.6 is 11.8 Å². The average Bonchev–Trinajstić information content (AvgIpc) is 2.41. The number of carboxylic acid groups (broad SMARTS) is 1. The van der Waals surface area contributed by atoms with Crippen LogP contribution in [-0.2, 0) is 16.0 Å². The summed E-state index contributed by atoms with van der Waals surface area (Å²) >= 11 is 1.57. The molecule has 1 aliphatic rings. The molecule has 6 heteroatoms. The molecule has 2 rings (SSSR count). The lowest BCUT2D eigenvalue weighted by molar-refractivity contribution is -0.149. The summed E-state index contributed by atoms with van der Waals surface area (Å²) in [6.07, 6.45) is 1.82. The van der Waals surface area contributed by atoms with E-state index < -0.39 is 12.0 Å². The highest BCUT2D eigenvalue weighted by Gasteiger charge is 2.32. The lowest BCUT2D eigenvalue weighted by Crippen LogP contribution is -2.50. The van der Waals surface area contributed by atoms with Crippen LogP contribution < -0.4 is 0 Å². The number of carbonyl (C=O) groups excluding carboxylic acids is 1. The molecule has 0 saturated carbocycles. The number of carbonyl (C=O) groups is 2. The Labute approximate surface area is 116 Å². The second-order valence-electron chi connectivity index (χ2n) is 4.46. The average molecular weight is 280 g/mol. The van der Waals surface area contributed by atoms with Crippen molar-refractivity contribution in [2.75, 3.05) is 18.1 Å². The molecule has 5 nitrogen and oxygen atoms in total. The fraction of sp³-hybridized carbons (Fsp3) is 0.462. The smallest absolute Gasteiger partial charge is 0.327 e. The van der Waals surface area contributed by atoms with Crippen molar-refractivity contribution in [3.8, 4) is 0 Å². The number of hydrogen-bond donors (Lipinski definition) is 1. The molecule has 0 spiro atoms. The molecule has 19 heavy (non-hydrogen) atoms. The van der Waals surface area contributed by atoms with E-state index in [-0.39, 0.29) is 12.3 Å². The molecular weight excluding hydrogens is 264 g/mol. The molecule has 0 aromatic carbocycles. The zero-order valence-corrected chi connectivity index (χ0v) is 11.5. The number of thioether (sulfide) groups is 1. The van der Waals surface area contributed by atoms with Gasteiger partial charge in [0.05, 0.1) is 12.1 Å². The summed E-state index contributed by atoms with van der Waals surface area (Å²) in [6.45, 7) is 2.39. The van der Waals surface area contributed by atoms with Gasteiger partial charge in [-0.25, -0.2) is 4.79 Å². The highest BCUT2D eigenvalue weighted by atomic mass is 32.2. The first-order valence-corrected chi connectivity index (χ1v) is 7.25. The number of pyridine rings is 1. The van der Waals surface area contributed by atoms with Crippen molar-refractivity contribution < 1.29 is 14.7 Å². The number of aromatic nitrogens is 1. The molecule has 1 fully saturated rings. The Hall–Kier alpha value is -1.56. The minimum Gasteiger partial charge on any atom is -0.480 e. The van der Waals surface area contributed by atoms with Crippen LogP contribution in [0.2, 0.25) is 0 Å². The highest BCUT2D eigenvalue weighted by Crippen LogP contribution is 2.18. The first-order valence-electron chi connectivity index (χ1n) is 6.10. The molecule has 102 valence electrons. The molecule has 0 radical (unpaired) electrons. The zero-order chi connectivity index (χ0) is 13.8. The van der Waals surface area contributed by atoms with E-state index in [2.05, 4.69) is 4.98 Å². The third-order valence-corrected chi connectivity index (χ3v) is 4.19. The third kappa shape index (κ3) is 3.26. The summed E-state index contributed by atoms with van der Waals surface area (Å²) in [4.78, 5) is 29.1. The Morgan fingerprint density at radius 2 is 2.37 bits per heavy atom. The van der Waals surface area contributed by atoms with Crippen molar-refractivity contribution in [2.24, 2.45) is 0 Å². The van der Waals surface area contributed by atoms with Crippen molar-refractivity contribution in [3.63, 3.8) is 0 Å². The maximum absolute atomic E-state index is 12.2. The first kappa shape index (κ1) is 13.9. The molecule has 1 aromatic heterocycles. The van der Waals surface area contributed by atoms with Gasteiger partial charge in [0.15, 0.2) is 0 Å². The Morgan fingerprint density at radius 1 is 1.58 bits per heavy atom. The second kappa shape index (κ2) is 6.06. The first-order chi connectivity index (χ1) is 9.09. The summed E-state index contributed by atoms with van der Waals surface area (Å²) in [5.74, 6) is 0.159. The minimum atomic E-state index is -0.932. The summed E-state index contributed by atoms with van der Waals surface area (Å²) < 4.78 is 0. The molecular formula is C13H16N2O3S. The lowest BCUT2D eigenvalue weighted by atomic mass is 10.1. The predicted molar refractivity (Wildman–Crippen MR) is 73.1 cm³/mol. The quantitative estimate of drug-likeness (QED) is 0.893. The van der Waals surface area contributed by atoms with Crippen LogP contribution in [-0.4, -0.2) is 51.0 Å². The number of aryl methyl sites for hydroxylation is 1. The summed E-state index contributed by atoms with van der Waals surface area (Å²) in [5.41, 5.74) is 1.67. The number of amides is 1. The standard InChI is InChI=1S/C13H16N2O3S/c1-9-3-2-4-14-10(9)7-12(16)15-5-6-19-8-11(15)13(17)18/h2-4,11H,5-8H2,1H3,(H,17,18). The third-order valence-electron chi connectivity index (χ3n) is 3.17. The van der Waals surface area contributed by atoms with Crippen LogP contribution in [0.4, 0.5) is 0 Å². The van der Waals surface area contributed by atoms with Crippen LogP contribution in [0.25, 0.3) is 0 Å². The van der Waals surface area contributed by atoms with Gasteiger partial charge in [-0.1, -0.05) is 6.07 Å². The Kier molecular flexibility index (Phi) is 4.42. The normalized spacial score (nSPS) is 19.2. The van der Waals surface area contributed by atoms with Gasteiger partial charge in [0.1, 0.15) is 6.04 Å². The van der Waals surface area contributed by atoms with Gasteiger partial charge in [0, 0.05) is 24.2 Å². The van der Waals surface area contributed by atoms with Crippen molar-refractivity contribution in [3.05, 3.63) is 29.6 Å². The van der Waals surface area contributed by atoms with E-state index in [1.54, 1.807) is 18.0 Å². The largest absolute Gasteiger partial charge is 0.480 e. The number of nitrogens with zero attached hydrogens (tertiary/aromatic N) is 2. The van der Waals surface area contributed by atoms with Gasteiger partial charge in [-0.05, 0) is 18.6 Å². The van der Waals surface area contributed by atoms with E-state index in [0.717, 1.165) is 17.0 Å². The van der Waals surface area contributed by atoms with Gasteiger partial charge in [-0.15, -0.1) is 0 Å². The molecule has 1 unspecified atom stereocenters. The van der Waals surface area contributed by atoms with Gasteiger partial charge in [0.25, 0.3) is 0 Å².